The molecule has 1 N–H and O–H groups in total. The highest BCUT2D eigenvalue weighted by atomic mass is 16.3. The molecule has 3 aromatic rings. The Morgan fingerprint density at radius 2 is 1.67 bits per heavy atom. The van der Waals surface area contributed by atoms with Crippen molar-refractivity contribution in [2.45, 2.75) is 19.6 Å². The number of nitrogens with zero attached hydrogens (tertiary/aromatic N) is 3. The number of hydrogen-bond donors (Lipinski definition) is 1. The largest absolute Gasteiger partial charge is 0.385 e. The Labute approximate surface area is 123 Å². The van der Waals surface area contributed by atoms with Gasteiger partial charge in [0.05, 0.1) is 6.54 Å². The molecule has 0 saturated carbocycles. The average Bonchev–Trinajstić information content (AvgIpc) is 2.97. The van der Waals surface area contributed by atoms with Crippen molar-refractivity contribution in [1.82, 2.24) is 14.8 Å². The SMILES string of the molecule is CC(O)c1ncnn1Cc1ccc(-c2ccccc2)cc1. The van der Waals surface area contributed by atoms with Crippen molar-refractivity contribution >= 4 is 0 Å². The summed E-state index contributed by atoms with van der Waals surface area (Å²) in [5.41, 5.74) is 3.52. The number of benzene rings is 2. The van der Waals surface area contributed by atoms with Crippen LogP contribution in [0.15, 0.2) is 60.9 Å². The van der Waals surface area contributed by atoms with Crippen molar-refractivity contribution in [3.05, 3.63) is 72.3 Å². The third-order valence-electron chi connectivity index (χ3n) is 3.41. The van der Waals surface area contributed by atoms with E-state index < -0.39 is 6.10 Å². The Morgan fingerprint density at radius 3 is 2.33 bits per heavy atom. The molecule has 21 heavy (non-hydrogen) atoms. The van der Waals surface area contributed by atoms with E-state index in [4.69, 9.17) is 0 Å². The van der Waals surface area contributed by atoms with Crippen LogP contribution in [-0.2, 0) is 6.54 Å². The standard InChI is InChI=1S/C17H17N3O/c1-13(21)17-18-12-19-20(17)11-14-7-9-16(10-8-14)15-5-3-2-4-6-15/h2-10,12-13,21H,11H2,1H3. The van der Waals surface area contributed by atoms with Gasteiger partial charge in [-0.2, -0.15) is 5.10 Å². The van der Waals surface area contributed by atoms with Gasteiger partial charge < -0.3 is 5.11 Å². The monoisotopic (exact) mass is 279 g/mol. The van der Waals surface area contributed by atoms with Crippen molar-refractivity contribution in [3.63, 3.8) is 0 Å². The van der Waals surface area contributed by atoms with Crippen molar-refractivity contribution in [1.29, 1.82) is 0 Å². The smallest absolute Gasteiger partial charge is 0.155 e. The molecular weight excluding hydrogens is 262 g/mol. The van der Waals surface area contributed by atoms with E-state index in [2.05, 4.69) is 46.5 Å². The maximum atomic E-state index is 9.64. The first-order valence-electron chi connectivity index (χ1n) is 6.94. The van der Waals surface area contributed by atoms with Crippen LogP contribution in [0.5, 0.6) is 0 Å². The first-order chi connectivity index (χ1) is 10.2. The van der Waals surface area contributed by atoms with Crippen LogP contribution in [0.2, 0.25) is 0 Å². The molecule has 0 spiro atoms. The van der Waals surface area contributed by atoms with Crippen LogP contribution in [0, 0.1) is 0 Å². The van der Waals surface area contributed by atoms with Crippen LogP contribution in [0.3, 0.4) is 0 Å². The summed E-state index contributed by atoms with van der Waals surface area (Å²) in [5.74, 6) is 0.585. The molecule has 0 saturated heterocycles. The summed E-state index contributed by atoms with van der Waals surface area (Å²) in [7, 11) is 0. The van der Waals surface area contributed by atoms with Crippen LogP contribution in [0.4, 0.5) is 0 Å². The quantitative estimate of drug-likeness (QED) is 0.798. The minimum atomic E-state index is -0.615. The molecule has 1 unspecified atom stereocenters. The summed E-state index contributed by atoms with van der Waals surface area (Å²) in [5, 5.41) is 13.8. The molecule has 0 fully saturated rings. The van der Waals surface area contributed by atoms with Crippen LogP contribution in [0.1, 0.15) is 24.4 Å². The molecule has 0 amide bonds. The Kier molecular flexibility index (Phi) is 3.79. The molecule has 0 aliphatic carbocycles. The number of hydrogen-bond acceptors (Lipinski definition) is 3. The minimum absolute atomic E-state index is 0.585. The van der Waals surface area contributed by atoms with Gasteiger partial charge in [-0.05, 0) is 23.6 Å². The Bertz CT molecular complexity index is 702. The minimum Gasteiger partial charge on any atom is -0.385 e. The fourth-order valence-corrected chi connectivity index (χ4v) is 2.32. The van der Waals surface area contributed by atoms with E-state index in [-0.39, 0.29) is 0 Å². The summed E-state index contributed by atoms with van der Waals surface area (Å²) in [6, 6.07) is 18.6. The lowest BCUT2D eigenvalue weighted by Crippen LogP contribution is -2.09. The maximum absolute atomic E-state index is 9.64. The Morgan fingerprint density at radius 1 is 1.00 bits per heavy atom. The molecule has 1 aromatic heterocycles. The molecule has 0 aliphatic rings. The molecular formula is C17H17N3O. The highest BCUT2D eigenvalue weighted by Gasteiger charge is 2.10. The molecule has 0 radical (unpaired) electrons. The first kappa shape index (κ1) is 13.5. The molecule has 1 atom stereocenters. The van der Waals surface area contributed by atoms with E-state index in [1.807, 2.05) is 18.2 Å². The van der Waals surface area contributed by atoms with Crippen LogP contribution < -0.4 is 0 Å². The number of aromatic nitrogens is 3. The van der Waals surface area contributed by atoms with E-state index >= 15 is 0 Å². The van der Waals surface area contributed by atoms with Gasteiger partial charge in [-0.1, -0.05) is 54.6 Å². The topological polar surface area (TPSA) is 50.9 Å². The van der Waals surface area contributed by atoms with Crippen LogP contribution >= 0.6 is 0 Å². The third kappa shape index (κ3) is 3.01. The van der Waals surface area contributed by atoms with Crippen molar-refractivity contribution in [3.8, 4) is 11.1 Å². The van der Waals surface area contributed by atoms with Gasteiger partial charge in [0.2, 0.25) is 0 Å². The number of aliphatic hydroxyl groups is 1. The second kappa shape index (κ2) is 5.89. The normalized spacial score (nSPS) is 12.3. The summed E-state index contributed by atoms with van der Waals surface area (Å²) >= 11 is 0. The predicted molar refractivity (Wildman–Crippen MR) is 81.6 cm³/mol. The fourth-order valence-electron chi connectivity index (χ4n) is 2.32. The van der Waals surface area contributed by atoms with E-state index in [0.717, 1.165) is 5.56 Å². The van der Waals surface area contributed by atoms with Gasteiger partial charge in [-0.15, -0.1) is 0 Å². The predicted octanol–water partition coefficient (Wildman–Crippen LogP) is 3.05. The molecule has 1 heterocycles. The summed E-state index contributed by atoms with van der Waals surface area (Å²) in [6.45, 7) is 2.30. The molecule has 4 heteroatoms. The van der Waals surface area contributed by atoms with Gasteiger partial charge in [-0.25, -0.2) is 9.67 Å². The molecule has 106 valence electrons. The van der Waals surface area contributed by atoms with Gasteiger partial charge in [0.1, 0.15) is 12.4 Å². The zero-order valence-electron chi connectivity index (χ0n) is 11.8. The zero-order valence-corrected chi connectivity index (χ0v) is 11.8. The lowest BCUT2D eigenvalue weighted by Gasteiger charge is -2.09. The second-order valence-electron chi connectivity index (χ2n) is 5.01. The fraction of sp³-hybridized carbons (Fsp3) is 0.176. The van der Waals surface area contributed by atoms with E-state index in [1.165, 1.54) is 17.5 Å². The average molecular weight is 279 g/mol. The van der Waals surface area contributed by atoms with Gasteiger partial charge in [-0.3, -0.25) is 0 Å². The first-order valence-corrected chi connectivity index (χ1v) is 6.94. The summed E-state index contributed by atoms with van der Waals surface area (Å²) in [6.07, 6.45) is 0.858. The van der Waals surface area contributed by atoms with Crippen LogP contribution in [-0.4, -0.2) is 19.9 Å². The van der Waals surface area contributed by atoms with Gasteiger partial charge in [0.15, 0.2) is 5.82 Å². The van der Waals surface area contributed by atoms with Gasteiger partial charge >= 0.3 is 0 Å². The highest BCUT2D eigenvalue weighted by molar-refractivity contribution is 5.63. The Balaban J connectivity index is 1.80. The second-order valence-corrected chi connectivity index (χ2v) is 5.01. The van der Waals surface area contributed by atoms with E-state index in [1.54, 1.807) is 11.6 Å². The van der Waals surface area contributed by atoms with Gasteiger partial charge in [0, 0.05) is 0 Å². The highest BCUT2D eigenvalue weighted by Crippen LogP contribution is 2.20. The summed E-state index contributed by atoms with van der Waals surface area (Å²) < 4.78 is 1.72. The van der Waals surface area contributed by atoms with E-state index in [9.17, 15) is 5.11 Å². The lowest BCUT2D eigenvalue weighted by molar-refractivity contribution is 0.182. The molecule has 0 aliphatic heterocycles. The molecule has 4 nitrogen and oxygen atoms in total. The van der Waals surface area contributed by atoms with Crippen molar-refractivity contribution < 1.29 is 5.11 Å². The maximum Gasteiger partial charge on any atom is 0.155 e. The molecule has 3 rings (SSSR count). The van der Waals surface area contributed by atoms with Crippen LogP contribution in [0.25, 0.3) is 11.1 Å². The zero-order chi connectivity index (χ0) is 14.7. The van der Waals surface area contributed by atoms with Gasteiger partial charge in [0.25, 0.3) is 0 Å². The number of aliphatic hydroxyl groups excluding tert-OH is 1. The number of rotatable bonds is 4. The third-order valence-corrected chi connectivity index (χ3v) is 3.41. The lowest BCUT2D eigenvalue weighted by atomic mass is 10.0. The Hall–Kier alpha value is -2.46. The molecule has 2 aromatic carbocycles. The molecule has 0 bridgehead atoms. The summed E-state index contributed by atoms with van der Waals surface area (Å²) in [4.78, 5) is 4.08. The van der Waals surface area contributed by atoms with Crippen molar-refractivity contribution in [2.75, 3.05) is 0 Å². The van der Waals surface area contributed by atoms with E-state index in [0.29, 0.717) is 12.4 Å². The van der Waals surface area contributed by atoms with Crippen molar-refractivity contribution in [2.24, 2.45) is 0 Å².